The molecule has 158 valence electrons. The molecule has 0 saturated carbocycles. The van der Waals surface area contributed by atoms with E-state index in [0.29, 0.717) is 6.54 Å². The predicted octanol–water partition coefficient (Wildman–Crippen LogP) is 2.66. The molecule has 2 heterocycles. The average Bonchev–Trinajstić information content (AvgIpc) is 3.35. The highest BCUT2D eigenvalue weighted by Crippen LogP contribution is 2.18. The second kappa shape index (κ2) is 11.2. The number of aliphatic imine (C=N–C) groups is 1. The van der Waals surface area contributed by atoms with Crippen LogP contribution in [-0.4, -0.2) is 52.3 Å². The summed E-state index contributed by atoms with van der Waals surface area (Å²) in [7, 11) is 1.94. The van der Waals surface area contributed by atoms with Crippen LogP contribution >= 0.6 is 11.8 Å². The molecular weight excluding hydrogens is 391 g/mol. The van der Waals surface area contributed by atoms with Crippen molar-refractivity contribution in [3.05, 3.63) is 41.7 Å². The number of aromatic nitrogens is 3. The van der Waals surface area contributed by atoms with E-state index in [-0.39, 0.29) is 11.9 Å². The number of rotatable bonds is 9. The zero-order valence-electron chi connectivity index (χ0n) is 17.0. The summed E-state index contributed by atoms with van der Waals surface area (Å²) in [6.07, 6.45) is 3.40. The molecule has 0 amide bonds. The van der Waals surface area contributed by atoms with Crippen LogP contribution in [0.1, 0.15) is 30.9 Å². The van der Waals surface area contributed by atoms with Crippen LogP contribution in [0.25, 0.3) is 0 Å². The lowest BCUT2D eigenvalue weighted by Crippen LogP contribution is -2.41. The van der Waals surface area contributed by atoms with E-state index in [2.05, 4.69) is 25.8 Å². The second-order valence-electron chi connectivity index (χ2n) is 6.99. The zero-order valence-corrected chi connectivity index (χ0v) is 17.8. The third kappa shape index (κ3) is 7.01. The van der Waals surface area contributed by atoms with Gasteiger partial charge in [-0.1, -0.05) is 0 Å². The number of halogens is 1. The topological polar surface area (TPSA) is 76.4 Å². The molecule has 0 bridgehead atoms. The Morgan fingerprint density at radius 2 is 2.14 bits per heavy atom. The summed E-state index contributed by atoms with van der Waals surface area (Å²) in [4.78, 5) is 5.74. The lowest BCUT2D eigenvalue weighted by atomic mass is 10.2. The number of thioether (sulfide) groups is 1. The molecule has 1 aromatic carbocycles. The van der Waals surface area contributed by atoms with Gasteiger partial charge in [-0.05, 0) is 56.2 Å². The summed E-state index contributed by atoms with van der Waals surface area (Å²) >= 11 is 1.72. The molecule has 0 spiro atoms. The summed E-state index contributed by atoms with van der Waals surface area (Å²) in [5.74, 6) is 3.20. The average molecular weight is 421 g/mol. The number of nitrogens with zero attached hydrogens (tertiary/aromatic N) is 4. The molecular formula is C20H29FN6OS. The first-order valence-electron chi connectivity index (χ1n) is 9.99. The van der Waals surface area contributed by atoms with Gasteiger partial charge in [0.2, 0.25) is 0 Å². The van der Waals surface area contributed by atoms with Crippen molar-refractivity contribution < 1.29 is 9.13 Å². The van der Waals surface area contributed by atoms with Crippen LogP contribution in [0.4, 0.5) is 4.39 Å². The number of benzene rings is 1. The van der Waals surface area contributed by atoms with Crippen LogP contribution < -0.4 is 10.6 Å². The Labute approximate surface area is 175 Å². The SMILES string of the molecule is Cc1nnc(CN=C(NCCCSc2ccc(F)cc2)NCC2CCCO2)n1C. The Morgan fingerprint density at radius 1 is 1.31 bits per heavy atom. The fraction of sp³-hybridized carbons (Fsp3) is 0.550. The van der Waals surface area contributed by atoms with E-state index in [9.17, 15) is 4.39 Å². The van der Waals surface area contributed by atoms with E-state index in [0.717, 1.165) is 67.2 Å². The Hall–Kier alpha value is -2.13. The van der Waals surface area contributed by atoms with Crippen molar-refractivity contribution in [3.8, 4) is 0 Å². The smallest absolute Gasteiger partial charge is 0.191 e. The van der Waals surface area contributed by atoms with Crippen LogP contribution in [0.15, 0.2) is 34.2 Å². The number of guanidine groups is 1. The van der Waals surface area contributed by atoms with Gasteiger partial charge in [0.1, 0.15) is 18.2 Å². The van der Waals surface area contributed by atoms with Crippen molar-refractivity contribution >= 4 is 17.7 Å². The van der Waals surface area contributed by atoms with Crippen molar-refractivity contribution in [2.75, 3.05) is 25.4 Å². The van der Waals surface area contributed by atoms with Crippen molar-refractivity contribution in [2.24, 2.45) is 12.0 Å². The highest BCUT2D eigenvalue weighted by Gasteiger charge is 2.15. The second-order valence-corrected chi connectivity index (χ2v) is 8.15. The summed E-state index contributed by atoms with van der Waals surface area (Å²) in [5, 5.41) is 15.0. The Kier molecular flexibility index (Phi) is 8.30. The molecule has 1 atom stereocenters. The van der Waals surface area contributed by atoms with Gasteiger partial charge in [0.05, 0.1) is 6.10 Å². The first-order chi connectivity index (χ1) is 14.1. The third-order valence-corrected chi connectivity index (χ3v) is 5.88. The van der Waals surface area contributed by atoms with E-state index in [4.69, 9.17) is 4.74 Å². The molecule has 3 rings (SSSR count). The summed E-state index contributed by atoms with van der Waals surface area (Å²) in [5.41, 5.74) is 0. The Balaban J connectivity index is 1.46. The van der Waals surface area contributed by atoms with Gasteiger partial charge in [-0.25, -0.2) is 9.38 Å². The molecule has 1 saturated heterocycles. The normalized spacial score (nSPS) is 16.9. The standard InChI is InChI=1S/C20H29FN6OS/c1-15-25-26-19(27(15)2)14-24-20(23-13-17-5-3-11-28-17)22-10-4-12-29-18-8-6-16(21)7-9-18/h6-9,17H,3-5,10-14H2,1-2H3,(H2,22,23,24). The van der Waals surface area contributed by atoms with Crippen LogP contribution in [0.2, 0.25) is 0 Å². The maximum absolute atomic E-state index is 13.0. The first kappa shape index (κ1) is 21.6. The summed E-state index contributed by atoms with van der Waals surface area (Å²) < 4.78 is 20.6. The number of hydrogen-bond acceptors (Lipinski definition) is 5. The van der Waals surface area contributed by atoms with E-state index >= 15 is 0 Å². The van der Waals surface area contributed by atoms with Gasteiger partial charge in [-0.2, -0.15) is 0 Å². The molecule has 29 heavy (non-hydrogen) atoms. The Bertz CT molecular complexity index is 789. The molecule has 2 N–H and O–H groups in total. The van der Waals surface area contributed by atoms with Crippen molar-refractivity contribution in [1.29, 1.82) is 0 Å². The molecule has 1 aliphatic heterocycles. The molecule has 0 aliphatic carbocycles. The molecule has 9 heteroatoms. The predicted molar refractivity (Wildman–Crippen MR) is 114 cm³/mol. The number of ether oxygens (including phenoxy) is 1. The largest absolute Gasteiger partial charge is 0.376 e. The minimum atomic E-state index is -0.202. The van der Waals surface area contributed by atoms with Gasteiger partial charge in [0, 0.05) is 31.6 Å². The molecule has 0 radical (unpaired) electrons. The van der Waals surface area contributed by atoms with Gasteiger partial charge < -0.3 is 19.9 Å². The van der Waals surface area contributed by atoms with Gasteiger partial charge >= 0.3 is 0 Å². The molecule has 1 aromatic heterocycles. The van der Waals surface area contributed by atoms with E-state index in [1.807, 2.05) is 30.7 Å². The van der Waals surface area contributed by atoms with Crippen LogP contribution in [0, 0.1) is 12.7 Å². The van der Waals surface area contributed by atoms with E-state index < -0.39 is 0 Å². The minimum Gasteiger partial charge on any atom is -0.376 e. The quantitative estimate of drug-likeness (QED) is 0.281. The minimum absolute atomic E-state index is 0.202. The lowest BCUT2D eigenvalue weighted by molar-refractivity contribution is 0.114. The molecule has 7 nitrogen and oxygen atoms in total. The summed E-state index contributed by atoms with van der Waals surface area (Å²) in [6, 6.07) is 6.61. The highest BCUT2D eigenvalue weighted by atomic mass is 32.2. The fourth-order valence-electron chi connectivity index (χ4n) is 2.93. The molecule has 1 aliphatic rings. The number of nitrogens with one attached hydrogen (secondary N) is 2. The van der Waals surface area contributed by atoms with Crippen molar-refractivity contribution in [1.82, 2.24) is 25.4 Å². The van der Waals surface area contributed by atoms with Gasteiger partial charge in [0.15, 0.2) is 11.8 Å². The molecule has 1 unspecified atom stereocenters. The number of aryl methyl sites for hydroxylation is 1. The van der Waals surface area contributed by atoms with Crippen LogP contribution in [0.3, 0.4) is 0 Å². The van der Waals surface area contributed by atoms with Crippen molar-refractivity contribution in [3.63, 3.8) is 0 Å². The van der Waals surface area contributed by atoms with E-state index in [1.165, 1.54) is 12.1 Å². The first-order valence-corrected chi connectivity index (χ1v) is 11.0. The van der Waals surface area contributed by atoms with Crippen LogP contribution in [-0.2, 0) is 18.3 Å². The highest BCUT2D eigenvalue weighted by molar-refractivity contribution is 7.99. The van der Waals surface area contributed by atoms with Crippen LogP contribution in [0.5, 0.6) is 0 Å². The molecule has 2 aromatic rings. The Morgan fingerprint density at radius 3 is 2.83 bits per heavy atom. The monoisotopic (exact) mass is 420 g/mol. The summed E-state index contributed by atoms with van der Waals surface area (Å²) in [6.45, 7) is 4.76. The van der Waals surface area contributed by atoms with Crippen molar-refractivity contribution in [2.45, 2.75) is 43.7 Å². The van der Waals surface area contributed by atoms with Gasteiger partial charge in [-0.3, -0.25) is 0 Å². The number of hydrogen-bond donors (Lipinski definition) is 2. The fourth-order valence-corrected chi connectivity index (χ4v) is 3.78. The lowest BCUT2D eigenvalue weighted by Gasteiger charge is -2.15. The molecule has 1 fully saturated rings. The van der Waals surface area contributed by atoms with Gasteiger partial charge in [-0.15, -0.1) is 22.0 Å². The maximum atomic E-state index is 13.0. The van der Waals surface area contributed by atoms with Gasteiger partial charge in [0.25, 0.3) is 0 Å². The zero-order chi connectivity index (χ0) is 20.5. The van der Waals surface area contributed by atoms with E-state index in [1.54, 1.807) is 11.8 Å². The third-order valence-electron chi connectivity index (χ3n) is 4.78. The maximum Gasteiger partial charge on any atom is 0.191 e.